The molecule has 0 amide bonds. The molecule has 0 spiro atoms. The fraction of sp³-hybridized carbons (Fsp3) is 0.538. The zero-order valence-corrected chi connectivity index (χ0v) is 13.0. The molecular weight excluding hydrogens is 300 g/mol. The van der Waals surface area contributed by atoms with E-state index in [-0.39, 0.29) is 5.41 Å². The highest BCUT2D eigenvalue weighted by Gasteiger charge is 2.18. The number of halogens is 2. The maximum atomic E-state index is 6.17. The smallest absolute Gasteiger partial charge is 0.0451 e. The predicted molar refractivity (Wildman–Crippen MR) is 78.3 cm³/mol. The van der Waals surface area contributed by atoms with Crippen LogP contribution in [0, 0.1) is 5.41 Å². The van der Waals surface area contributed by atoms with Crippen LogP contribution in [0.4, 0.5) is 0 Å². The Morgan fingerprint density at radius 3 is 2.65 bits per heavy atom. The second-order valence-electron chi connectivity index (χ2n) is 5.28. The van der Waals surface area contributed by atoms with Gasteiger partial charge in [-0.3, -0.25) is 0 Å². The predicted octanol–water partition coefficient (Wildman–Crippen LogP) is 3.52. The van der Waals surface area contributed by atoms with Crippen molar-refractivity contribution in [2.75, 3.05) is 20.1 Å². The molecule has 0 saturated heterocycles. The molecule has 17 heavy (non-hydrogen) atoms. The molecule has 0 unspecified atom stereocenters. The lowest BCUT2D eigenvalue weighted by Gasteiger charge is -2.29. The number of hydrogen-bond acceptors (Lipinski definition) is 2. The van der Waals surface area contributed by atoms with Crippen LogP contribution in [0.2, 0.25) is 5.02 Å². The molecule has 0 heterocycles. The van der Waals surface area contributed by atoms with Gasteiger partial charge in [-0.05, 0) is 42.8 Å². The Bertz CT molecular complexity index is 380. The molecule has 1 rings (SSSR count). The van der Waals surface area contributed by atoms with Gasteiger partial charge in [-0.25, -0.2) is 0 Å². The molecule has 2 N–H and O–H groups in total. The van der Waals surface area contributed by atoms with Crippen LogP contribution in [-0.2, 0) is 6.54 Å². The monoisotopic (exact) mass is 318 g/mol. The number of hydrogen-bond donors (Lipinski definition) is 1. The topological polar surface area (TPSA) is 29.3 Å². The van der Waals surface area contributed by atoms with Gasteiger partial charge < -0.3 is 10.6 Å². The van der Waals surface area contributed by atoms with Gasteiger partial charge in [0.05, 0.1) is 0 Å². The zero-order valence-electron chi connectivity index (χ0n) is 10.6. The molecule has 0 atom stereocenters. The first-order valence-electron chi connectivity index (χ1n) is 5.66. The van der Waals surface area contributed by atoms with E-state index in [4.69, 9.17) is 17.3 Å². The second kappa shape index (κ2) is 6.19. The number of benzene rings is 1. The Kier molecular flexibility index (Phi) is 5.45. The summed E-state index contributed by atoms with van der Waals surface area (Å²) in [6.07, 6.45) is 0. The van der Waals surface area contributed by atoms with Crippen LogP contribution in [0.1, 0.15) is 19.4 Å². The number of nitrogens with two attached hydrogens (primary N) is 1. The van der Waals surface area contributed by atoms with Crippen molar-refractivity contribution in [3.63, 3.8) is 0 Å². The third-order valence-corrected chi connectivity index (χ3v) is 3.56. The highest BCUT2D eigenvalue weighted by molar-refractivity contribution is 9.10. The molecule has 0 aliphatic carbocycles. The standard InChI is InChI=1S/C13H20BrClN2/c1-13(2,8-16)9-17(3)7-10-6-11(14)4-5-12(10)15/h4-6H,7-9,16H2,1-3H3. The quantitative estimate of drug-likeness (QED) is 0.900. The van der Waals surface area contributed by atoms with Crippen LogP contribution in [0.5, 0.6) is 0 Å². The van der Waals surface area contributed by atoms with E-state index in [2.05, 4.69) is 47.8 Å². The lowest BCUT2D eigenvalue weighted by atomic mass is 9.93. The summed E-state index contributed by atoms with van der Waals surface area (Å²) in [5.41, 5.74) is 7.01. The van der Waals surface area contributed by atoms with Gasteiger partial charge in [0.15, 0.2) is 0 Å². The third kappa shape index (κ3) is 4.96. The molecule has 96 valence electrons. The van der Waals surface area contributed by atoms with Crippen LogP contribution in [0.25, 0.3) is 0 Å². The van der Waals surface area contributed by atoms with E-state index < -0.39 is 0 Å². The highest BCUT2D eigenvalue weighted by atomic mass is 79.9. The SMILES string of the molecule is CN(Cc1cc(Br)ccc1Cl)CC(C)(C)CN. The molecule has 0 radical (unpaired) electrons. The molecule has 1 aromatic rings. The molecule has 2 nitrogen and oxygen atoms in total. The Hall–Kier alpha value is -0.0900. The van der Waals surface area contributed by atoms with E-state index in [0.29, 0.717) is 6.54 Å². The van der Waals surface area contributed by atoms with Crippen LogP contribution < -0.4 is 5.73 Å². The van der Waals surface area contributed by atoms with Crippen molar-refractivity contribution in [2.45, 2.75) is 20.4 Å². The molecular formula is C13H20BrClN2. The van der Waals surface area contributed by atoms with Crippen molar-refractivity contribution < 1.29 is 0 Å². The first-order valence-corrected chi connectivity index (χ1v) is 6.84. The maximum absolute atomic E-state index is 6.17. The first-order chi connectivity index (χ1) is 7.84. The summed E-state index contributed by atoms with van der Waals surface area (Å²) >= 11 is 9.64. The minimum atomic E-state index is 0.132. The Labute approximate surface area is 117 Å². The second-order valence-corrected chi connectivity index (χ2v) is 6.60. The van der Waals surface area contributed by atoms with Crippen molar-refractivity contribution in [1.82, 2.24) is 4.90 Å². The molecule has 1 aromatic carbocycles. The van der Waals surface area contributed by atoms with E-state index in [0.717, 1.165) is 28.1 Å². The first kappa shape index (κ1) is 15.0. The van der Waals surface area contributed by atoms with Crippen molar-refractivity contribution in [1.29, 1.82) is 0 Å². The molecule has 0 aliphatic heterocycles. The average Bonchev–Trinajstić information content (AvgIpc) is 2.23. The van der Waals surface area contributed by atoms with Crippen molar-refractivity contribution >= 4 is 27.5 Å². The van der Waals surface area contributed by atoms with E-state index in [1.54, 1.807) is 0 Å². The lowest BCUT2D eigenvalue weighted by molar-refractivity contribution is 0.210. The van der Waals surface area contributed by atoms with Gasteiger partial charge >= 0.3 is 0 Å². The van der Waals surface area contributed by atoms with Gasteiger partial charge in [0, 0.05) is 22.6 Å². The number of nitrogens with zero attached hydrogens (tertiary/aromatic N) is 1. The minimum Gasteiger partial charge on any atom is -0.330 e. The fourth-order valence-corrected chi connectivity index (χ4v) is 2.39. The molecule has 4 heteroatoms. The summed E-state index contributed by atoms with van der Waals surface area (Å²) in [5, 5.41) is 0.811. The van der Waals surface area contributed by atoms with E-state index in [1.807, 2.05) is 12.1 Å². The van der Waals surface area contributed by atoms with Gasteiger partial charge in [0.25, 0.3) is 0 Å². The van der Waals surface area contributed by atoms with E-state index in [1.165, 1.54) is 0 Å². The van der Waals surface area contributed by atoms with E-state index >= 15 is 0 Å². The van der Waals surface area contributed by atoms with Gasteiger partial charge in [-0.2, -0.15) is 0 Å². The summed E-state index contributed by atoms with van der Waals surface area (Å²) < 4.78 is 1.06. The maximum Gasteiger partial charge on any atom is 0.0451 e. The molecule has 0 aromatic heterocycles. The number of rotatable bonds is 5. The van der Waals surface area contributed by atoms with E-state index in [9.17, 15) is 0 Å². The summed E-state index contributed by atoms with van der Waals surface area (Å²) in [4.78, 5) is 2.25. The Morgan fingerprint density at radius 1 is 1.41 bits per heavy atom. The molecule has 0 saturated carbocycles. The molecule has 0 bridgehead atoms. The fourth-order valence-electron chi connectivity index (χ4n) is 1.81. The summed E-state index contributed by atoms with van der Waals surface area (Å²) in [6.45, 7) is 6.82. The van der Waals surface area contributed by atoms with Crippen LogP contribution in [-0.4, -0.2) is 25.0 Å². The average molecular weight is 320 g/mol. The third-order valence-electron chi connectivity index (χ3n) is 2.70. The van der Waals surface area contributed by atoms with Gasteiger partial charge in [0.1, 0.15) is 0 Å². The molecule has 0 aliphatic rings. The van der Waals surface area contributed by atoms with Crippen molar-refractivity contribution in [3.8, 4) is 0 Å². The van der Waals surface area contributed by atoms with Crippen LogP contribution in [0.3, 0.4) is 0 Å². The van der Waals surface area contributed by atoms with Gasteiger partial charge in [-0.15, -0.1) is 0 Å². The summed E-state index contributed by atoms with van der Waals surface area (Å²) in [6, 6.07) is 5.94. The summed E-state index contributed by atoms with van der Waals surface area (Å²) in [5.74, 6) is 0. The van der Waals surface area contributed by atoms with Gasteiger partial charge in [-0.1, -0.05) is 41.4 Å². The van der Waals surface area contributed by atoms with Crippen LogP contribution >= 0.6 is 27.5 Å². The zero-order chi connectivity index (χ0) is 13.1. The van der Waals surface area contributed by atoms with Crippen LogP contribution in [0.15, 0.2) is 22.7 Å². The van der Waals surface area contributed by atoms with Crippen molar-refractivity contribution in [3.05, 3.63) is 33.3 Å². The minimum absolute atomic E-state index is 0.132. The normalized spacial score (nSPS) is 12.2. The largest absolute Gasteiger partial charge is 0.330 e. The highest BCUT2D eigenvalue weighted by Crippen LogP contribution is 2.23. The summed E-state index contributed by atoms with van der Waals surface area (Å²) in [7, 11) is 2.09. The molecule has 0 fully saturated rings. The Morgan fingerprint density at radius 2 is 2.06 bits per heavy atom. The van der Waals surface area contributed by atoms with Crippen molar-refractivity contribution in [2.24, 2.45) is 11.1 Å². The lowest BCUT2D eigenvalue weighted by Crippen LogP contribution is -2.36. The Balaban J connectivity index is 2.68. The van der Waals surface area contributed by atoms with Gasteiger partial charge in [0.2, 0.25) is 0 Å².